The zero-order chi connectivity index (χ0) is 13.0. The Morgan fingerprint density at radius 2 is 1.94 bits per heavy atom. The third kappa shape index (κ3) is 3.33. The highest BCUT2D eigenvalue weighted by Crippen LogP contribution is 2.17. The molecule has 1 saturated heterocycles. The van der Waals surface area contributed by atoms with Gasteiger partial charge in [0.2, 0.25) is 5.91 Å². The molecule has 2 atom stereocenters. The van der Waals surface area contributed by atoms with Crippen LogP contribution in [-0.4, -0.2) is 25.0 Å². The van der Waals surface area contributed by atoms with Gasteiger partial charge in [-0.15, -0.1) is 0 Å². The fraction of sp³-hybridized carbons (Fsp3) is 0.533. The molecule has 0 saturated carbocycles. The molecule has 3 nitrogen and oxygen atoms in total. The van der Waals surface area contributed by atoms with Crippen molar-refractivity contribution in [2.24, 2.45) is 5.92 Å². The predicted molar refractivity (Wildman–Crippen MR) is 73.4 cm³/mol. The van der Waals surface area contributed by atoms with E-state index in [1.807, 2.05) is 18.2 Å². The van der Waals surface area contributed by atoms with Gasteiger partial charge in [-0.05, 0) is 17.9 Å². The zero-order valence-corrected chi connectivity index (χ0v) is 11.1. The van der Waals surface area contributed by atoms with Crippen molar-refractivity contribution < 1.29 is 4.79 Å². The second-order valence-electron chi connectivity index (χ2n) is 5.44. The maximum absolute atomic E-state index is 12.0. The minimum atomic E-state index is -0.0429. The van der Waals surface area contributed by atoms with Gasteiger partial charge in [0, 0.05) is 19.0 Å². The zero-order valence-electron chi connectivity index (χ0n) is 11.1. The van der Waals surface area contributed by atoms with Gasteiger partial charge in [-0.3, -0.25) is 4.79 Å². The first-order valence-electron chi connectivity index (χ1n) is 6.73. The van der Waals surface area contributed by atoms with Gasteiger partial charge in [0.25, 0.3) is 0 Å². The molecule has 2 N–H and O–H groups in total. The third-order valence-electron chi connectivity index (χ3n) is 3.43. The lowest BCUT2D eigenvalue weighted by Crippen LogP contribution is -2.41. The van der Waals surface area contributed by atoms with Crippen LogP contribution in [0.1, 0.15) is 31.7 Å². The Kier molecular flexibility index (Phi) is 4.37. The van der Waals surface area contributed by atoms with Crippen molar-refractivity contribution in [1.82, 2.24) is 10.6 Å². The average molecular weight is 246 g/mol. The number of carbonyl (C=O) groups is 1. The molecule has 18 heavy (non-hydrogen) atoms. The average Bonchev–Trinajstić information content (AvgIpc) is 2.54. The molecule has 1 aromatic rings. The standard InChI is InChI=1S/C15H22N2O/c1-11(2)8-14-15(18)17-10-13(9-16-14)12-6-4-3-5-7-12/h3-7,11,13-14,16H,8-10H2,1-2H3,(H,17,18)/t13-,14+/m1/s1. The summed E-state index contributed by atoms with van der Waals surface area (Å²) in [5.74, 6) is 1.04. The summed E-state index contributed by atoms with van der Waals surface area (Å²) >= 11 is 0. The predicted octanol–water partition coefficient (Wildman–Crippen LogP) is 1.90. The first-order valence-corrected chi connectivity index (χ1v) is 6.73. The van der Waals surface area contributed by atoms with E-state index < -0.39 is 0 Å². The van der Waals surface area contributed by atoms with Crippen molar-refractivity contribution >= 4 is 5.91 Å². The number of benzene rings is 1. The molecular formula is C15H22N2O. The van der Waals surface area contributed by atoms with Gasteiger partial charge in [-0.25, -0.2) is 0 Å². The van der Waals surface area contributed by atoms with E-state index in [9.17, 15) is 4.79 Å². The van der Waals surface area contributed by atoms with Crippen LogP contribution in [0.3, 0.4) is 0 Å². The van der Waals surface area contributed by atoms with E-state index in [4.69, 9.17) is 0 Å². The van der Waals surface area contributed by atoms with Crippen LogP contribution in [0.4, 0.5) is 0 Å². The van der Waals surface area contributed by atoms with E-state index in [2.05, 4.69) is 36.6 Å². The molecule has 98 valence electrons. The van der Waals surface area contributed by atoms with Gasteiger partial charge < -0.3 is 10.6 Å². The maximum atomic E-state index is 12.0. The van der Waals surface area contributed by atoms with Crippen molar-refractivity contribution in [3.05, 3.63) is 35.9 Å². The molecule has 1 aliphatic rings. The van der Waals surface area contributed by atoms with Gasteiger partial charge in [-0.1, -0.05) is 44.2 Å². The van der Waals surface area contributed by atoms with Gasteiger partial charge in [0.15, 0.2) is 0 Å². The Morgan fingerprint density at radius 3 is 2.61 bits per heavy atom. The Labute approximate surface area is 109 Å². The minimum Gasteiger partial charge on any atom is -0.354 e. The molecule has 1 fully saturated rings. The largest absolute Gasteiger partial charge is 0.354 e. The number of carbonyl (C=O) groups excluding carboxylic acids is 1. The fourth-order valence-corrected chi connectivity index (χ4v) is 2.42. The van der Waals surface area contributed by atoms with Gasteiger partial charge >= 0.3 is 0 Å². The normalized spacial score (nSPS) is 24.7. The number of hydrogen-bond acceptors (Lipinski definition) is 2. The molecule has 1 aromatic carbocycles. The molecule has 1 aliphatic heterocycles. The first-order chi connectivity index (χ1) is 8.66. The van der Waals surface area contributed by atoms with Crippen molar-refractivity contribution in [2.75, 3.05) is 13.1 Å². The van der Waals surface area contributed by atoms with Crippen LogP contribution in [0, 0.1) is 5.92 Å². The number of amides is 1. The summed E-state index contributed by atoms with van der Waals surface area (Å²) in [4.78, 5) is 12.0. The lowest BCUT2D eigenvalue weighted by Gasteiger charge is -2.17. The smallest absolute Gasteiger partial charge is 0.237 e. The van der Waals surface area contributed by atoms with E-state index in [0.717, 1.165) is 19.5 Å². The molecule has 0 spiro atoms. The van der Waals surface area contributed by atoms with Crippen molar-refractivity contribution in [2.45, 2.75) is 32.2 Å². The summed E-state index contributed by atoms with van der Waals surface area (Å²) in [5.41, 5.74) is 1.29. The van der Waals surface area contributed by atoms with E-state index in [-0.39, 0.29) is 11.9 Å². The molecular weight excluding hydrogens is 224 g/mol. The first kappa shape index (κ1) is 13.1. The Hall–Kier alpha value is -1.35. The number of hydrogen-bond donors (Lipinski definition) is 2. The number of rotatable bonds is 3. The SMILES string of the molecule is CC(C)C[C@@H]1NC[C@@H](c2ccccc2)CNC1=O. The topological polar surface area (TPSA) is 41.1 Å². The molecule has 2 rings (SSSR count). The van der Waals surface area contributed by atoms with Crippen molar-refractivity contribution in [1.29, 1.82) is 0 Å². The van der Waals surface area contributed by atoms with Crippen LogP contribution in [-0.2, 0) is 4.79 Å². The Morgan fingerprint density at radius 1 is 1.22 bits per heavy atom. The van der Waals surface area contributed by atoms with Crippen LogP contribution >= 0.6 is 0 Å². The second kappa shape index (κ2) is 6.01. The maximum Gasteiger partial charge on any atom is 0.237 e. The summed E-state index contributed by atoms with van der Waals surface area (Å²) in [6, 6.07) is 10.3. The van der Waals surface area contributed by atoms with E-state index in [1.165, 1.54) is 5.56 Å². The van der Waals surface area contributed by atoms with Crippen molar-refractivity contribution in [3.8, 4) is 0 Å². The second-order valence-corrected chi connectivity index (χ2v) is 5.44. The highest BCUT2D eigenvalue weighted by Gasteiger charge is 2.25. The summed E-state index contributed by atoms with van der Waals surface area (Å²) in [6.45, 7) is 5.88. The molecule has 0 aromatic heterocycles. The number of nitrogens with one attached hydrogen (secondary N) is 2. The van der Waals surface area contributed by atoms with E-state index >= 15 is 0 Å². The van der Waals surface area contributed by atoms with Crippen LogP contribution in [0.25, 0.3) is 0 Å². The lowest BCUT2D eigenvalue weighted by molar-refractivity contribution is -0.123. The minimum absolute atomic E-state index is 0.0429. The van der Waals surface area contributed by atoms with Gasteiger partial charge in [0.1, 0.15) is 0 Å². The summed E-state index contributed by atoms with van der Waals surface area (Å²) < 4.78 is 0. The fourth-order valence-electron chi connectivity index (χ4n) is 2.42. The summed E-state index contributed by atoms with van der Waals surface area (Å²) in [6.07, 6.45) is 0.896. The molecule has 0 bridgehead atoms. The van der Waals surface area contributed by atoms with E-state index in [0.29, 0.717) is 11.8 Å². The molecule has 0 aliphatic carbocycles. The van der Waals surface area contributed by atoms with E-state index in [1.54, 1.807) is 0 Å². The molecule has 3 heteroatoms. The monoisotopic (exact) mass is 246 g/mol. The lowest BCUT2D eigenvalue weighted by atomic mass is 9.99. The molecule has 1 heterocycles. The highest BCUT2D eigenvalue weighted by atomic mass is 16.2. The molecule has 0 unspecified atom stereocenters. The van der Waals surface area contributed by atoms with Crippen LogP contribution in [0.5, 0.6) is 0 Å². The van der Waals surface area contributed by atoms with Crippen LogP contribution in [0.2, 0.25) is 0 Å². The van der Waals surface area contributed by atoms with Gasteiger partial charge in [0.05, 0.1) is 6.04 Å². The molecule has 1 amide bonds. The Bertz CT molecular complexity index is 389. The van der Waals surface area contributed by atoms with Gasteiger partial charge in [-0.2, -0.15) is 0 Å². The van der Waals surface area contributed by atoms with Crippen molar-refractivity contribution in [3.63, 3.8) is 0 Å². The quantitative estimate of drug-likeness (QED) is 0.855. The third-order valence-corrected chi connectivity index (χ3v) is 3.43. The van der Waals surface area contributed by atoms with Crippen LogP contribution in [0.15, 0.2) is 30.3 Å². The highest BCUT2D eigenvalue weighted by molar-refractivity contribution is 5.82. The summed E-state index contributed by atoms with van der Waals surface area (Å²) in [5, 5.41) is 6.45. The van der Waals surface area contributed by atoms with Crippen LogP contribution < -0.4 is 10.6 Å². The Balaban J connectivity index is 2.01. The molecule has 0 radical (unpaired) electrons. The summed E-state index contributed by atoms with van der Waals surface area (Å²) in [7, 11) is 0.